The van der Waals surface area contributed by atoms with E-state index in [1.54, 1.807) is 49.6 Å². The molecule has 116 valence electrons. The van der Waals surface area contributed by atoms with Crippen LogP contribution < -0.4 is 4.74 Å². The minimum atomic E-state index is -0.545. The standard InChI is InChI=1S/C17H11BrFNO3/c1-22-12-5-3-11(4-6-12)16-20-15(17(21)23-16)9-10-2-7-14(19)13(18)8-10/h2-9H,1H3/b15-9+. The van der Waals surface area contributed by atoms with Gasteiger partial charge in [-0.05, 0) is 64.0 Å². The van der Waals surface area contributed by atoms with Gasteiger partial charge in [0.2, 0.25) is 5.90 Å². The van der Waals surface area contributed by atoms with Crippen LogP contribution in [0.25, 0.3) is 6.08 Å². The maximum Gasteiger partial charge on any atom is 0.363 e. The van der Waals surface area contributed by atoms with E-state index in [9.17, 15) is 9.18 Å². The highest BCUT2D eigenvalue weighted by Gasteiger charge is 2.24. The van der Waals surface area contributed by atoms with E-state index in [4.69, 9.17) is 9.47 Å². The first-order valence-electron chi connectivity index (χ1n) is 6.69. The van der Waals surface area contributed by atoms with Crippen LogP contribution in [0.15, 0.2) is 57.6 Å². The number of hydrogen-bond acceptors (Lipinski definition) is 4. The highest BCUT2D eigenvalue weighted by molar-refractivity contribution is 9.10. The highest BCUT2D eigenvalue weighted by atomic mass is 79.9. The number of carbonyl (C=O) groups excluding carboxylic acids is 1. The van der Waals surface area contributed by atoms with Crippen molar-refractivity contribution in [3.8, 4) is 5.75 Å². The molecule has 0 N–H and O–H groups in total. The Labute approximate surface area is 140 Å². The van der Waals surface area contributed by atoms with Crippen molar-refractivity contribution in [3.05, 3.63) is 69.6 Å². The third-order valence-electron chi connectivity index (χ3n) is 3.20. The minimum Gasteiger partial charge on any atom is -0.497 e. The van der Waals surface area contributed by atoms with Gasteiger partial charge < -0.3 is 9.47 Å². The number of aliphatic imine (C=N–C) groups is 1. The van der Waals surface area contributed by atoms with Crippen molar-refractivity contribution in [2.75, 3.05) is 7.11 Å². The average Bonchev–Trinajstić information content (AvgIpc) is 2.92. The van der Waals surface area contributed by atoms with Crippen molar-refractivity contribution in [2.45, 2.75) is 0 Å². The van der Waals surface area contributed by atoms with Crippen LogP contribution in [0.2, 0.25) is 0 Å². The first-order valence-corrected chi connectivity index (χ1v) is 7.48. The van der Waals surface area contributed by atoms with E-state index >= 15 is 0 Å². The molecule has 0 amide bonds. The summed E-state index contributed by atoms with van der Waals surface area (Å²) >= 11 is 3.10. The summed E-state index contributed by atoms with van der Waals surface area (Å²) in [6, 6.07) is 11.4. The minimum absolute atomic E-state index is 0.161. The van der Waals surface area contributed by atoms with Crippen LogP contribution in [0.1, 0.15) is 11.1 Å². The van der Waals surface area contributed by atoms with Crippen molar-refractivity contribution in [2.24, 2.45) is 4.99 Å². The Morgan fingerprint density at radius 2 is 1.96 bits per heavy atom. The molecular weight excluding hydrogens is 365 g/mol. The first kappa shape index (κ1) is 15.4. The largest absolute Gasteiger partial charge is 0.497 e. The van der Waals surface area contributed by atoms with Gasteiger partial charge in [-0.1, -0.05) is 6.07 Å². The number of carbonyl (C=O) groups is 1. The maximum atomic E-state index is 13.2. The van der Waals surface area contributed by atoms with Gasteiger partial charge in [-0.3, -0.25) is 0 Å². The van der Waals surface area contributed by atoms with Gasteiger partial charge in [0.15, 0.2) is 5.70 Å². The van der Waals surface area contributed by atoms with Gasteiger partial charge in [0.1, 0.15) is 11.6 Å². The van der Waals surface area contributed by atoms with Crippen molar-refractivity contribution in [1.82, 2.24) is 0 Å². The van der Waals surface area contributed by atoms with E-state index in [1.807, 2.05) is 0 Å². The normalized spacial score (nSPS) is 15.5. The van der Waals surface area contributed by atoms with E-state index in [2.05, 4.69) is 20.9 Å². The summed E-state index contributed by atoms with van der Waals surface area (Å²) in [5.74, 6) is 0.00974. The second-order valence-corrected chi connectivity index (χ2v) is 5.59. The number of methoxy groups -OCH3 is 1. The SMILES string of the molecule is COc1ccc(C2=N/C(=C/c3ccc(F)c(Br)c3)C(=O)O2)cc1. The Hall–Kier alpha value is -2.47. The Morgan fingerprint density at radius 1 is 1.22 bits per heavy atom. The molecule has 1 heterocycles. The van der Waals surface area contributed by atoms with E-state index in [0.717, 1.165) is 0 Å². The lowest BCUT2D eigenvalue weighted by Crippen LogP contribution is -2.05. The fourth-order valence-electron chi connectivity index (χ4n) is 2.03. The Kier molecular flexibility index (Phi) is 4.25. The van der Waals surface area contributed by atoms with Crippen molar-refractivity contribution in [1.29, 1.82) is 0 Å². The maximum absolute atomic E-state index is 13.2. The van der Waals surface area contributed by atoms with E-state index < -0.39 is 5.97 Å². The molecule has 0 saturated carbocycles. The Morgan fingerprint density at radius 3 is 2.61 bits per heavy atom. The lowest BCUT2D eigenvalue weighted by Gasteiger charge is -2.01. The van der Waals surface area contributed by atoms with Crippen LogP contribution in [-0.4, -0.2) is 19.0 Å². The van der Waals surface area contributed by atoms with Crippen LogP contribution in [0.3, 0.4) is 0 Å². The quantitative estimate of drug-likeness (QED) is 0.602. The fraction of sp³-hybridized carbons (Fsp3) is 0.0588. The number of esters is 1. The molecule has 2 aromatic carbocycles. The number of hydrogen-bond donors (Lipinski definition) is 0. The molecule has 0 bridgehead atoms. The van der Waals surface area contributed by atoms with Gasteiger partial charge in [0.05, 0.1) is 11.6 Å². The molecule has 2 aromatic rings. The zero-order valence-corrected chi connectivity index (χ0v) is 13.6. The topological polar surface area (TPSA) is 47.9 Å². The van der Waals surface area contributed by atoms with Crippen molar-refractivity contribution < 1.29 is 18.7 Å². The molecule has 0 atom stereocenters. The molecule has 4 nitrogen and oxygen atoms in total. The molecule has 0 saturated heterocycles. The van der Waals surface area contributed by atoms with E-state index in [0.29, 0.717) is 21.3 Å². The molecular formula is C17H11BrFNO3. The lowest BCUT2D eigenvalue weighted by molar-refractivity contribution is -0.129. The highest BCUT2D eigenvalue weighted by Crippen LogP contribution is 2.23. The van der Waals surface area contributed by atoms with E-state index in [-0.39, 0.29) is 17.4 Å². The summed E-state index contributed by atoms with van der Waals surface area (Å²) in [5.41, 5.74) is 1.47. The third-order valence-corrected chi connectivity index (χ3v) is 3.81. The summed E-state index contributed by atoms with van der Waals surface area (Å²) in [6.45, 7) is 0. The summed E-state index contributed by atoms with van der Waals surface area (Å²) in [7, 11) is 1.57. The molecule has 0 aromatic heterocycles. The number of halogens is 2. The molecule has 3 rings (SSSR count). The molecule has 1 aliphatic rings. The number of cyclic esters (lactones) is 1. The second-order valence-electron chi connectivity index (χ2n) is 4.74. The van der Waals surface area contributed by atoms with E-state index in [1.165, 1.54) is 6.07 Å². The van der Waals surface area contributed by atoms with Crippen molar-refractivity contribution >= 4 is 33.9 Å². The molecule has 0 aliphatic carbocycles. The first-order chi connectivity index (χ1) is 11.1. The average molecular weight is 376 g/mol. The number of benzene rings is 2. The Balaban J connectivity index is 1.90. The monoisotopic (exact) mass is 375 g/mol. The number of ether oxygens (including phenoxy) is 2. The van der Waals surface area contributed by atoms with Crippen molar-refractivity contribution in [3.63, 3.8) is 0 Å². The predicted octanol–water partition coefficient (Wildman–Crippen LogP) is 3.94. The summed E-state index contributed by atoms with van der Waals surface area (Å²) in [6.07, 6.45) is 1.54. The van der Waals surface area contributed by atoms with Gasteiger partial charge in [-0.2, -0.15) is 0 Å². The van der Waals surface area contributed by atoms with Gasteiger partial charge in [0.25, 0.3) is 0 Å². The molecule has 23 heavy (non-hydrogen) atoms. The van der Waals surface area contributed by atoms with Crippen LogP contribution in [0, 0.1) is 5.82 Å². The van der Waals surface area contributed by atoms with Gasteiger partial charge >= 0.3 is 5.97 Å². The summed E-state index contributed by atoms with van der Waals surface area (Å²) in [5, 5.41) is 0. The molecule has 0 unspecified atom stereocenters. The summed E-state index contributed by atoms with van der Waals surface area (Å²) in [4.78, 5) is 16.1. The van der Waals surface area contributed by atoms with Gasteiger partial charge in [-0.15, -0.1) is 0 Å². The zero-order chi connectivity index (χ0) is 16.4. The molecule has 0 spiro atoms. The smallest absolute Gasteiger partial charge is 0.363 e. The zero-order valence-electron chi connectivity index (χ0n) is 12.0. The third kappa shape index (κ3) is 3.32. The lowest BCUT2D eigenvalue weighted by atomic mass is 10.2. The number of nitrogens with zero attached hydrogens (tertiary/aromatic N) is 1. The number of rotatable bonds is 3. The van der Waals surface area contributed by atoms with Crippen LogP contribution >= 0.6 is 15.9 Å². The van der Waals surface area contributed by atoms with Crippen LogP contribution in [0.5, 0.6) is 5.75 Å². The molecule has 1 aliphatic heterocycles. The van der Waals surface area contributed by atoms with Gasteiger partial charge in [-0.25, -0.2) is 14.2 Å². The van der Waals surface area contributed by atoms with Crippen LogP contribution in [0.4, 0.5) is 4.39 Å². The van der Waals surface area contributed by atoms with Crippen LogP contribution in [-0.2, 0) is 9.53 Å². The van der Waals surface area contributed by atoms with Gasteiger partial charge in [0, 0.05) is 5.56 Å². The summed E-state index contributed by atoms with van der Waals surface area (Å²) < 4.78 is 23.8. The molecule has 0 fully saturated rings. The Bertz CT molecular complexity index is 828. The fourth-order valence-corrected chi connectivity index (χ4v) is 2.42. The molecule has 0 radical (unpaired) electrons. The second kappa shape index (κ2) is 6.34. The molecule has 6 heteroatoms. The predicted molar refractivity (Wildman–Crippen MR) is 87.7 cm³/mol.